The zero-order valence-electron chi connectivity index (χ0n) is 17.7. The summed E-state index contributed by atoms with van der Waals surface area (Å²) in [4.78, 5) is 0. The smallest absolute Gasteiger partial charge is 0.0562 e. The average Bonchev–Trinajstić information content (AvgIpc) is 2.82. The number of hydrazone groups is 2. The van der Waals surface area contributed by atoms with Crippen molar-refractivity contribution in [3.05, 3.63) is 119 Å². The maximum Gasteiger partial charge on any atom is 0.0562 e. The highest BCUT2D eigenvalue weighted by Crippen LogP contribution is 2.20. The van der Waals surface area contributed by atoms with Crippen molar-refractivity contribution in [3.63, 3.8) is 0 Å². The molecule has 0 spiro atoms. The quantitative estimate of drug-likeness (QED) is 0.236. The van der Waals surface area contributed by atoms with Gasteiger partial charge in [0.05, 0.1) is 23.8 Å². The summed E-state index contributed by atoms with van der Waals surface area (Å²) in [6, 6.07) is 32.1. The van der Waals surface area contributed by atoms with Crippen LogP contribution >= 0.6 is 11.6 Å². The molecular weight excluding hydrogens is 416 g/mol. The lowest BCUT2D eigenvalue weighted by Crippen LogP contribution is -1.91. The summed E-state index contributed by atoms with van der Waals surface area (Å²) in [6.45, 7) is 2.07. The van der Waals surface area contributed by atoms with Gasteiger partial charge in [-0.15, -0.1) is 0 Å². The van der Waals surface area contributed by atoms with Crippen LogP contribution in [0.15, 0.2) is 107 Å². The Morgan fingerprint density at radius 2 is 1.22 bits per heavy atom. The standard InChI is InChI=1S/C27H23ClN4/c1-20-5-13-26(14-6-20)31-30-19-22-3-2-4-24(17-22)23-9-7-21(8-10-23)18-29-32-27-15-11-25(28)12-16-27/h2-19,31-32H,1H3/b29-18+,30-19+. The predicted molar refractivity (Wildman–Crippen MR) is 137 cm³/mol. The topological polar surface area (TPSA) is 48.8 Å². The molecule has 0 amide bonds. The molecule has 0 radical (unpaired) electrons. The van der Waals surface area contributed by atoms with Gasteiger partial charge in [-0.2, -0.15) is 10.2 Å². The van der Waals surface area contributed by atoms with Crippen molar-refractivity contribution in [1.82, 2.24) is 0 Å². The number of hydrogen-bond acceptors (Lipinski definition) is 4. The van der Waals surface area contributed by atoms with Gasteiger partial charge >= 0.3 is 0 Å². The Kier molecular flexibility index (Phi) is 6.95. The van der Waals surface area contributed by atoms with Crippen LogP contribution in [0.4, 0.5) is 11.4 Å². The van der Waals surface area contributed by atoms with Crippen LogP contribution in [0.3, 0.4) is 0 Å². The maximum absolute atomic E-state index is 5.90. The summed E-state index contributed by atoms with van der Waals surface area (Å²) < 4.78 is 0. The summed E-state index contributed by atoms with van der Waals surface area (Å²) in [5, 5.41) is 9.33. The highest BCUT2D eigenvalue weighted by Gasteiger charge is 1.99. The number of nitrogens with zero attached hydrogens (tertiary/aromatic N) is 2. The van der Waals surface area contributed by atoms with E-state index < -0.39 is 0 Å². The predicted octanol–water partition coefficient (Wildman–Crippen LogP) is 7.21. The number of nitrogens with one attached hydrogen (secondary N) is 2. The molecule has 0 unspecified atom stereocenters. The second-order valence-corrected chi connectivity index (χ2v) is 7.80. The lowest BCUT2D eigenvalue weighted by atomic mass is 10.0. The molecule has 4 aromatic carbocycles. The number of hydrogen-bond donors (Lipinski definition) is 2. The number of anilines is 2. The molecule has 0 fully saturated rings. The van der Waals surface area contributed by atoms with Crippen molar-refractivity contribution >= 4 is 35.4 Å². The number of rotatable bonds is 7. The fourth-order valence-electron chi connectivity index (χ4n) is 3.08. The molecule has 4 aromatic rings. The van der Waals surface area contributed by atoms with Gasteiger partial charge < -0.3 is 0 Å². The van der Waals surface area contributed by atoms with Crippen LogP contribution in [0.2, 0.25) is 5.02 Å². The fraction of sp³-hybridized carbons (Fsp3) is 0.0370. The molecule has 0 aromatic heterocycles. The van der Waals surface area contributed by atoms with Crippen LogP contribution in [0, 0.1) is 6.92 Å². The van der Waals surface area contributed by atoms with E-state index in [1.54, 1.807) is 6.21 Å². The van der Waals surface area contributed by atoms with Gasteiger partial charge in [-0.1, -0.05) is 71.8 Å². The van der Waals surface area contributed by atoms with Gasteiger partial charge in [-0.25, -0.2) is 0 Å². The minimum Gasteiger partial charge on any atom is -0.279 e. The van der Waals surface area contributed by atoms with Gasteiger partial charge in [0.1, 0.15) is 0 Å². The highest BCUT2D eigenvalue weighted by molar-refractivity contribution is 6.30. The van der Waals surface area contributed by atoms with Crippen molar-refractivity contribution in [1.29, 1.82) is 0 Å². The molecule has 0 heterocycles. The monoisotopic (exact) mass is 438 g/mol. The van der Waals surface area contributed by atoms with Crippen molar-refractivity contribution in [3.8, 4) is 11.1 Å². The van der Waals surface area contributed by atoms with Gasteiger partial charge in [0, 0.05) is 5.02 Å². The van der Waals surface area contributed by atoms with Gasteiger partial charge in [0.2, 0.25) is 0 Å². The minimum atomic E-state index is 0.702. The third-order valence-corrected chi connectivity index (χ3v) is 5.09. The Labute approximate surface area is 193 Å². The highest BCUT2D eigenvalue weighted by atomic mass is 35.5. The first-order valence-corrected chi connectivity index (χ1v) is 10.6. The summed E-state index contributed by atoms with van der Waals surface area (Å²) in [7, 11) is 0. The van der Waals surface area contributed by atoms with Gasteiger partial charge in [0.25, 0.3) is 0 Å². The van der Waals surface area contributed by atoms with Crippen molar-refractivity contribution in [2.75, 3.05) is 10.9 Å². The normalized spacial score (nSPS) is 11.2. The summed E-state index contributed by atoms with van der Waals surface area (Å²) >= 11 is 5.90. The molecule has 0 saturated carbocycles. The summed E-state index contributed by atoms with van der Waals surface area (Å²) in [5.74, 6) is 0. The average molecular weight is 439 g/mol. The van der Waals surface area contributed by atoms with Gasteiger partial charge in [-0.3, -0.25) is 10.9 Å². The Morgan fingerprint density at radius 3 is 1.88 bits per heavy atom. The Hall–Kier alpha value is -3.89. The molecule has 0 aliphatic heterocycles. The molecule has 158 valence electrons. The van der Waals surface area contributed by atoms with E-state index in [2.05, 4.69) is 64.4 Å². The molecule has 4 nitrogen and oxygen atoms in total. The summed E-state index contributed by atoms with van der Waals surface area (Å²) in [6.07, 6.45) is 3.62. The molecule has 0 aliphatic rings. The zero-order chi connectivity index (χ0) is 22.2. The molecule has 0 bridgehead atoms. The first-order valence-electron chi connectivity index (χ1n) is 10.3. The zero-order valence-corrected chi connectivity index (χ0v) is 18.4. The first-order chi connectivity index (χ1) is 15.7. The van der Waals surface area contributed by atoms with Crippen LogP contribution in [0.5, 0.6) is 0 Å². The van der Waals surface area contributed by atoms with E-state index >= 15 is 0 Å². The van der Waals surface area contributed by atoms with E-state index in [-0.39, 0.29) is 0 Å². The maximum atomic E-state index is 5.90. The Balaban J connectivity index is 1.38. The Morgan fingerprint density at radius 1 is 0.625 bits per heavy atom. The van der Waals surface area contributed by atoms with E-state index in [4.69, 9.17) is 11.6 Å². The van der Waals surface area contributed by atoms with Crippen molar-refractivity contribution in [2.24, 2.45) is 10.2 Å². The number of aryl methyl sites for hydroxylation is 1. The second-order valence-electron chi connectivity index (χ2n) is 7.36. The first kappa shape index (κ1) is 21.3. The van der Waals surface area contributed by atoms with Crippen LogP contribution in [0.25, 0.3) is 11.1 Å². The summed E-state index contributed by atoms with van der Waals surface area (Å²) in [5.41, 5.74) is 13.4. The number of benzene rings is 4. The molecule has 32 heavy (non-hydrogen) atoms. The largest absolute Gasteiger partial charge is 0.279 e. The fourth-order valence-corrected chi connectivity index (χ4v) is 3.20. The Bertz CT molecular complexity index is 1210. The van der Waals surface area contributed by atoms with E-state index in [9.17, 15) is 0 Å². The van der Waals surface area contributed by atoms with Crippen LogP contribution in [0.1, 0.15) is 16.7 Å². The SMILES string of the molecule is Cc1ccc(N/N=C/c2cccc(-c3ccc(/C=N/Nc4ccc(Cl)cc4)cc3)c2)cc1. The minimum absolute atomic E-state index is 0.702. The van der Waals surface area contributed by atoms with E-state index in [1.807, 2.05) is 66.9 Å². The molecular formula is C27H23ClN4. The lowest BCUT2D eigenvalue weighted by Gasteiger charge is -2.04. The molecule has 0 saturated heterocycles. The van der Waals surface area contributed by atoms with Gasteiger partial charge in [0.15, 0.2) is 0 Å². The third-order valence-electron chi connectivity index (χ3n) is 4.84. The molecule has 5 heteroatoms. The van der Waals surface area contributed by atoms with Crippen LogP contribution in [-0.2, 0) is 0 Å². The lowest BCUT2D eigenvalue weighted by molar-refractivity contribution is 1.34. The third kappa shape index (κ3) is 6.06. The van der Waals surface area contributed by atoms with Crippen molar-refractivity contribution in [2.45, 2.75) is 6.92 Å². The van der Waals surface area contributed by atoms with Crippen LogP contribution < -0.4 is 10.9 Å². The van der Waals surface area contributed by atoms with E-state index in [0.29, 0.717) is 5.02 Å². The number of halogens is 1. The molecule has 4 rings (SSSR count). The second kappa shape index (κ2) is 10.4. The van der Waals surface area contributed by atoms with Crippen LogP contribution in [-0.4, -0.2) is 12.4 Å². The van der Waals surface area contributed by atoms with E-state index in [0.717, 1.165) is 33.6 Å². The molecule has 0 atom stereocenters. The van der Waals surface area contributed by atoms with Crippen molar-refractivity contribution < 1.29 is 0 Å². The molecule has 2 N–H and O–H groups in total. The van der Waals surface area contributed by atoms with Gasteiger partial charge in [-0.05, 0) is 71.6 Å². The van der Waals surface area contributed by atoms with E-state index in [1.165, 1.54) is 5.56 Å². The molecule has 0 aliphatic carbocycles.